The minimum atomic E-state index is 0.178. The van der Waals surface area contributed by atoms with Crippen molar-refractivity contribution in [1.29, 1.82) is 0 Å². The number of ether oxygens (including phenoxy) is 2. The highest BCUT2D eigenvalue weighted by molar-refractivity contribution is 5.76. The number of nitrogens with one attached hydrogen (secondary N) is 2. The molecule has 1 aliphatic carbocycles. The lowest BCUT2D eigenvalue weighted by atomic mass is 10.2. The number of carbonyl (C=O) groups excluding carboxylic acids is 1. The Labute approximate surface area is 118 Å². The molecule has 1 aromatic rings. The zero-order valence-electron chi connectivity index (χ0n) is 11.5. The van der Waals surface area contributed by atoms with E-state index in [1.54, 1.807) is 0 Å². The molecule has 0 aromatic heterocycles. The first-order chi connectivity index (χ1) is 9.81. The summed E-state index contributed by atoms with van der Waals surface area (Å²) in [6, 6.07) is 6.42. The van der Waals surface area contributed by atoms with Crippen LogP contribution in [0.4, 0.5) is 0 Å². The minimum Gasteiger partial charge on any atom is -0.454 e. The molecule has 20 heavy (non-hydrogen) atoms. The SMILES string of the molecule is O=C(CCCNCc1ccc2c(c1)OCO2)NC1CC1. The summed E-state index contributed by atoms with van der Waals surface area (Å²) in [6.07, 6.45) is 3.76. The largest absolute Gasteiger partial charge is 0.454 e. The van der Waals surface area contributed by atoms with Crippen molar-refractivity contribution >= 4 is 5.91 Å². The van der Waals surface area contributed by atoms with Gasteiger partial charge in [0, 0.05) is 19.0 Å². The third-order valence-electron chi connectivity index (χ3n) is 3.47. The maximum atomic E-state index is 11.5. The molecule has 0 radical (unpaired) electrons. The van der Waals surface area contributed by atoms with E-state index in [9.17, 15) is 4.79 Å². The zero-order valence-corrected chi connectivity index (χ0v) is 11.5. The van der Waals surface area contributed by atoms with Gasteiger partial charge in [-0.15, -0.1) is 0 Å². The van der Waals surface area contributed by atoms with E-state index in [0.29, 0.717) is 19.3 Å². The molecule has 0 spiro atoms. The molecular weight excluding hydrogens is 256 g/mol. The summed E-state index contributed by atoms with van der Waals surface area (Å²) in [6.45, 7) is 1.93. The summed E-state index contributed by atoms with van der Waals surface area (Å²) >= 11 is 0. The van der Waals surface area contributed by atoms with Crippen LogP contribution in [0.25, 0.3) is 0 Å². The van der Waals surface area contributed by atoms with Gasteiger partial charge in [0.2, 0.25) is 12.7 Å². The molecule has 2 N–H and O–H groups in total. The van der Waals surface area contributed by atoms with Crippen LogP contribution in [0.15, 0.2) is 18.2 Å². The quantitative estimate of drug-likeness (QED) is 0.742. The summed E-state index contributed by atoms with van der Waals surface area (Å²) in [5.74, 6) is 1.80. The van der Waals surface area contributed by atoms with Gasteiger partial charge in [-0.25, -0.2) is 0 Å². The van der Waals surface area contributed by atoms with E-state index in [4.69, 9.17) is 9.47 Å². The van der Waals surface area contributed by atoms with Crippen LogP contribution in [0.5, 0.6) is 11.5 Å². The number of benzene rings is 1. The fourth-order valence-corrected chi connectivity index (χ4v) is 2.19. The van der Waals surface area contributed by atoms with Crippen LogP contribution in [0, 0.1) is 0 Å². The topological polar surface area (TPSA) is 59.6 Å². The predicted molar refractivity (Wildman–Crippen MR) is 74.7 cm³/mol. The van der Waals surface area contributed by atoms with E-state index in [1.807, 2.05) is 18.2 Å². The molecule has 0 unspecified atom stereocenters. The Morgan fingerprint density at radius 3 is 2.95 bits per heavy atom. The number of hydrogen-bond donors (Lipinski definition) is 2. The monoisotopic (exact) mass is 276 g/mol. The van der Waals surface area contributed by atoms with Crippen molar-refractivity contribution in [2.24, 2.45) is 0 Å². The molecule has 1 aromatic carbocycles. The van der Waals surface area contributed by atoms with Crippen molar-refractivity contribution in [3.05, 3.63) is 23.8 Å². The zero-order chi connectivity index (χ0) is 13.8. The van der Waals surface area contributed by atoms with Crippen LogP contribution in [0.2, 0.25) is 0 Å². The smallest absolute Gasteiger partial charge is 0.231 e. The Hall–Kier alpha value is -1.75. The normalized spacial score (nSPS) is 16.2. The summed E-state index contributed by atoms with van der Waals surface area (Å²) in [4.78, 5) is 11.5. The lowest BCUT2D eigenvalue weighted by Crippen LogP contribution is -2.26. The standard InChI is InChI=1S/C15H20N2O3/c18-15(17-12-4-5-12)2-1-7-16-9-11-3-6-13-14(8-11)20-10-19-13/h3,6,8,12,16H,1-2,4-5,7,9-10H2,(H,17,18). The number of rotatable bonds is 7. The first-order valence-corrected chi connectivity index (χ1v) is 7.20. The van der Waals surface area contributed by atoms with Crippen LogP contribution in [0.3, 0.4) is 0 Å². The molecule has 0 bridgehead atoms. The molecule has 5 heteroatoms. The fourth-order valence-electron chi connectivity index (χ4n) is 2.19. The van der Waals surface area contributed by atoms with Gasteiger partial charge < -0.3 is 20.1 Å². The molecule has 5 nitrogen and oxygen atoms in total. The molecule has 1 fully saturated rings. The third kappa shape index (κ3) is 3.63. The predicted octanol–water partition coefficient (Wildman–Crippen LogP) is 1.56. The Bertz CT molecular complexity index is 486. The molecule has 0 atom stereocenters. The highest BCUT2D eigenvalue weighted by atomic mass is 16.7. The van der Waals surface area contributed by atoms with Crippen molar-refractivity contribution in [1.82, 2.24) is 10.6 Å². The van der Waals surface area contributed by atoms with Gasteiger partial charge >= 0.3 is 0 Å². The van der Waals surface area contributed by atoms with Crippen LogP contribution in [-0.2, 0) is 11.3 Å². The molecule has 108 valence electrons. The Balaban J connectivity index is 1.32. The second-order valence-electron chi connectivity index (χ2n) is 5.31. The van der Waals surface area contributed by atoms with Gasteiger partial charge in [-0.2, -0.15) is 0 Å². The van der Waals surface area contributed by atoms with Crippen molar-refractivity contribution < 1.29 is 14.3 Å². The van der Waals surface area contributed by atoms with Crippen LogP contribution in [-0.4, -0.2) is 25.3 Å². The second-order valence-corrected chi connectivity index (χ2v) is 5.31. The maximum absolute atomic E-state index is 11.5. The summed E-state index contributed by atoms with van der Waals surface area (Å²) < 4.78 is 10.6. The van der Waals surface area contributed by atoms with Crippen LogP contribution in [0.1, 0.15) is 31.2 Å². The lowest BCUT2D eigenvalue weighted by Gasteiger charge is -2.06. The Morgan fingerprint density at radius 2 is 2.10 bits per heavy atom. The molecule has 1 saturated carbocycles. The number of fused-ring (bicyclic) bond motifs is 1. The highest BCUT2D eigenvalue weighted by Crippen LogP contribution is 2.32. The van der Waals surface area contributed by atoms with Gasteiger partial charge in [-0.1, -0.05) is 6.07 Å². The number of hydrogen-bond acceptors (Lipinski definition) is 4. The number of amides is 1. The fraction of sp³-hybridized carbons (Fsp3) is 0.533. The van der Waals surface area contributed by atoms with Crippen molar-refractivity contribution in [2.45, 2.75) is 38.3 Å². The molecule has 0 saturated heterocycles. The molecule has 1 aliphatic heterocycles. The molecule has 3 rings (SSSR count). The summed E-state index contributed by atoms with van der Waals surface area (Å²) in [7, 11) is 0. The van der Waals surface area contributed by atoms with Crippen LogP contribution >= 0.6 is 0 Å². The Kier molecular flexibility index (Phi) is 4.06. The first kappa shape index (κ1) is 13.2. The van der Waals surface area contributed by atoms with Crippen molar-refractivity contribution in [2.75, 3.05) is 13.3 Å². The summed E-state index contributed by atoms with van der Waals surface area (Å²) in [5, 5.41) is 6.33. The van der Waals surface area contributed by atoms with Gasteiger partial charge in [-0.3, -0.25) is 4.79 Å². The van der Waals surface area contributed by atoms with E-state index in [2.05, 4.69) is 10.6 Å². The lowest BCUT2D eigenvalue weighted by molar-refractivity contribution is -0.121. The van der Waals surface area contributed by atoms with Crippen molar-refractivity contribution in [3.8, 4) is 11.5 Å². The highest BCUT2D eigenvalue weighted by Gasteiger charge is 2.22. The maximum Gasteiger partial charge on any atom is 0.231 e. The van der Waals surface area contributed by atoms with E-state index >= 15 is 0 Å². The average Bonchev–Trinajstić information content (AvgIpc) is 3.13. The second kappa shape index (κ2) is 6.13. The van der Waals surface area contributed by atoms with Gasteiger partial charge in [0.15, 0.2) is 11.5 Å². The van der Waals surface area contributed by atoms with Crippen molar-refractivity contribution in [3.63, 3.8) is 0 Å². The average molecular weight is 276 g/mol. The summed E-state index contributed by atoms with van der Waals surface area (Å²) in [5.41, 5.74) is 1.16. The van der Waals surface area contributed by atoms with E-state index in [0.717, 1.165) is 49.4 Å². The van der Waals surface area contributed by atoms with E-state index in [-0.39, 0.29) is 5.91 Å². The van der Waals surface area contributed by atoms with Gasteiger partial charge in [0.05, 0.1) is 0 Å². The third-order valence-corrected chi connectivity index (χ3v) is 3.47. The molecular formula is C15H20N2O3. The molecule has 1 amide bonds. The molecule has 2 aliphatic rings. The molecule has 1 heterocycles. The first-order valence-electron chi connectivity index (χ1n) is 7.20. The van der Waals surface area contributed by atoms with Crippen LogP contribution < -0.4 is 20.1 Å². The Morgan fingerprint density at radius 1 is 1.25 bits per heavy atom. The van der Waals surface area contributed by atoms with E-state index < -0.39 is 0 Å². The number of carbonyl (C=O) groups is 1. The van der Waals surface area contributed by atoms with Gasteiger partial charge in [0.1, 0.15) is 0 Å². The van der Waals surface area contributed by atoms with E-state index in [1.165, 1.54) is 0 Å². The van der Waals surface area contributed by atoms with Gasteiger partial charge in [-0.05, 0) is 43.5 Å². The van der Waals surface area contributed by atoms with Gasteiger partial charge in [0.25, 0.3) is 0 Å². The minimum absolute atomic E-state index is 0.178.